The van der Waals surface area contributed by atoms with E-state index in [1.54, 1.807) is 24.3 Å². The molecule has 0 aromatic heterocycles. The molecule has 0 atom stereocenters. The molecule has 0 aliphatic rings. The first-order valence-corrected chi connectivity index (χ1v) is 7.47. The first-order valence-electron chi connectivity index (χ1n) is 6.29. The van der Waals surface area contributed by atoms with Crippen molar-refractivity contribution in [2.75, 3.05) is 13.7 Å². The van der Waals surface area contributed by atoms with Gasteiger partial charge in [-0.2, -0.15) is 0 Å². The van der Waals surface area contributed by atoms with E-state index in [0.29, 0.717) is 28.5 Å². The monoisotopic (exact) mass is 370 g/mol. The summed E-state index contributed by atoms with van der Waals surface area (Å²) in [5.41, 5.74) is 1.07. The van der Waals surface area contributed by atoms with E-state index in [-0.39, 0.29) is 5.78 Å². The predicted molar refractivity (Wildman–Crippen MR) is 88.3 cm³/mol. The molecule has 0 spiro atoms. The van der Waals surface area contributed by atoms with E-state index >= 15 is 0 Å². The fourth-order valence-corrected chi connectivity index (χ4v) is 2.41. The lowest BCUT2D eigenvalue weighted by molar-refractivity contribution is 0.103. The third kappa shape index (κ3) is 4.56. The van der Waals surface area contributed by atoms with Crippen molar-refractivity contribution in [3.05, 3.63) is 63.1 Å². The minimum Gasteiger partial charge on any atom is -0.493 e. The number of carbonyl (C=O) groups excluding carboxylic acids is 1. The van der Waals surface area contributed by atoms with Gasteiger partial charge >= 0.3 is 0 Å². The summed E-state index contributed by atoms with van der Waals surface area (Å²) in [6, 6.07) is 12.4. The van der Waals surface area contributed by atoms with Crippen molar-refractivity contribution in [2.45, 2.75) is 6.92 Å². The van der Waals surface area contributed by atoms with Gasteiger partial charge in [-0.05, 0) is 28.9 Å². The van der Waals surface area contributed by atoms with E-state index < -0.39 is 0 Å². The van der Waals surface area contributed by atoms with Crippen LogP contribution in [0.4, 0.5) is 0 Å². The number of aliphatic hydroxyl groups excluding tert-OH is 1. The Morgan fingerprint density at radius 1 is 1.24 bits per heavy atom. The molecule has 0 saturated heterocycles. The standard InChI is InChI=1S/C15H12BrClO2.CH4O/c1-2-19-14-9-13(17)11(8-12(14)16)15(18)10-6-4-3-5-7-10;1-2/h3-9H,2H2,1H3;2H,1H3. The molecule has 3 nitrogen and oxygen atoms in total. The van der Waals surface area contributed by atoms with Crippen LogP contribution < -0.4 is 4.74 Å². The number of hydrogen-bond donors (Lipinski definition) is 1. The zero-order valence-corrected chi connectivity index (χ0v) is 14.1. The van der Waals surface area contributed by atoms with Crippen molar-refractivity contribution in [1.82, 2.24) is 0 Å². The van der Waals surface area contributed by atoms with Gasteiger partial charge in [-0.25, -0.2) is 0 Å². The number of benzene rings is 2. The fourth-order valence-electron chi connectivity index (χ4n) is 1.71. The third-order valence-electron chi connectivity index (χ3n) is 2.60. The molecular weight excluding hydrogens is 356 g/mol. The Balaban J connectivity index is 0.00000106. The predicted octanol–water partition coefficient (Wildman–Crippen LogP) is 4.34. The molecule has 0 heterocycles. The molecule has 2 rings (SSSR count). The van der Waals surface area contributed by atoms with E-state index in [1.807, 2.05) is 25.1 Å². The summed E-state index contributed by atoms with van der Waals surface area (Å²) in [7, 11) is 1.00. The molecule has 0 fully saturated rings. The Hall–Kier alpha value is -1.36. The highest BCUT2D eigenvalue weighted by Gasteiger charge is 2.15. The van der Waals surface area contributed by atoms with Crippen LogP contribution in [0.1, 0.15) is 22.8 Å². The van der Waals surface area contributed by atoms with Crippen molar-refractivity contribution in [3.8, 4) is 5.75 Å². The smallest absolute Gasteiger partial charge is 0.194 e. The first-order chi connectivity index (χ1) is 10.1. The minimum absolute atomic E-state index is 0.102. The van der Waals surface area contributed by atoms with Gasteiger partial charge in [-0.3, -0.25) is 4.79 Å². The zero-order valence-electron chi connectivity index (χ0n) is 11.8. The maximum atomic E-state index is 12.3. The molecule has 2 aromatic rings. The average Bonchev–Trinajstić information content (AvgIpc) is 2.53. The van der Waals surface area contributed by atoms with E-state index in [4.69, 9.17) is 21.4 Å². The van der Waals surface area contributed by atoms with Gasteiger partial charge in [0.1, 0.15) is 5.75 Å². The maximum absolute atomic E-state index is 12.3. The molecule has 1 N–H and O–H groups in total. The van der Waals surface area contributed by atoms with Crippen LogP contribution in [0.5, 0.6) is 5.75 Å². The van der Waals surface area contributed by atoms with Gasteiger partial charge in [0, 0.05) is 24.3 Å². The Kier molecular flexibility index (Phi) is 7.43. The number of rotatable bonds is 4. The second-order valence-electron chi connectivity index (χ2n) is 3.89. The normalized spacial score (nSPS) is 9.57. The Labute approximate surface area is 137 Å². The molecule has 0 amide bonds. The van der Waals surface area contributed by atoms with Gasteiger partial charge in [-0.15, -0.1) is 0 Å². The molecular formula is C16H16BrClO3. The maximum Gasteiger partial charge on any atom is 0.194 e. The van der Waals surface area contributed by atoms with Crippen LogP contribution in [-0.2, 0) is 0 Å². The van der Waals surface area contributed by atoms with Crippen molar-refractivity contribution in [3.63, 3.8) is 0 Å². The van der Waals surface area contributed by atoms with Crippen LogP contribution in [0.25, 0.3) is 0 Å². The topological polar surface area (TPSA) is 46.5 Å². The van der Waals surface area contributed by atoms with Crippen molar-refractivity contribution in [1.29, 1.82) is 0 Å². The average molecular weight is 372 g/mol. The van der Waals surface area contributed by atoms with E-state index in [1.165, 1.54) is 0 Å². The number of hydrogen-bond acceptors (Lipinski definition) is 3. The summed E-state index contributed by atoms with van der Waals surface area (Å²) in [6.45, 7) is 2.43. The Morgan fingerprint density at radius 3 is 2.43 bits per heavy atom. The van der Waals surface area contributed by atoms with E-state index in [0.717, 1.165) is 11.6 Å². The van der Waals surface area contributed by atoms with Crippen molar-refractivity contribution < 1.29 is 14.6 Å². The summed E-state index contributed by atoms with van der Waals surface area (Å²) in [5.74, 6) is 0.534. The minimum atomic E-state index is -0.102. The zero-order chi connectivity index (χ0) is 15.8. The molecule has 5 heteroatoms. The molecule has 0 saturated carbocycles. The molecule has 21 heavy (non-hydrogen) atoms. The highest BCUT2D eigenvalue weighted by atomic mass is 79.9. The number of aliphatic hydroxyl groups is 1. The summed E-state index contributed by atoms with van der Waals surface area (Å²) < 4.78 is 6.14. The van der Waals surface area contributed by atoms with Crippen LogP contribution in [0.15, 0.2) is 46.9 Å². The van der Waals surface area contributed by atoms with Crippen molar-refractivity contribution >= 4 is 33.3 Å². The molecule has 0 radical (unpaired) electrons. The highest BCUT2D eigenvalue weighted by Crippen LogP contribution is 2.32. The lowest BCUT2D eigenvalue weighted by Crippen LogP contribution is -2.03. The van der Waals surface area contributed by atoms with Crippen LogP contribution in [0, 0.1) is 0 Å². The quantitative estimate of drug-likeness (QED) is 0.813. The molecule has 0 bridgehead atoms. The number of halogens is 2. The lowest BCUT2D eigenvalue weighted by Gasteiger charge is -2.10. The van der Waals surface area contributed by atoms with E-state index in [9.17, 15) is 4.79 Å². The summed E-state index contributed by atoms with van der Waals surface area (Å²) in [4.78, 5) is 12.3. The summed E-state index contributed by atoms with van der Waals surface area (Å²) in [5, 5.41) is 7.39. The second-order valence-corrected chi connectivity index (χ2v) is 5.15. The number of carbonyl (C=O) groups is 1. The van der Waals surface area contributed by atoms with Crippen LogP contribution in [0.3, 0.4) is 0 Å². The van der Waals surface area contributed by atoms with E-state index in [2.05, 4.69) is 15.9 Å². The summed E-state index contributed by atoms with van der Waals surface area (Å²) in [6.07, 6.45) is 0. The number of ketones is 1. The number of ether oxygens (including phenoxy) is 1. The van der Waals surface area contributed by atoms with Gasteiger partial charge < -0.3 is 9.84 Å². The largest absolute Gasteiger partial charge is 0.493 e. The van der Waals surface area contributed by atoms with Crippen LogP contribution >= 0.6 is 27.5 Å². The third-order valence-corrected chi connectivity index (χ3v) is 3.53. The lowest BCUT2D eigenvalue weighted by atomic mass is 10.0. The SMILES string of the molecule is CCOc1cc(Cl)c(C(=O)c2ccccc2)cc1Br.CO. The first kappa shape index (κ1) is 17.7. The Morgan fingerprint density at radius 2 is 1.86 bits per heavy atom. The van der Waals surface area contributed by atoms with Crippen molar-refractivity contribution in [2.24, 2.45) is 0 Å². The van der Waals surface area contributed by atoms with Crippen LogP contribution in [0.2, 0.25) is 5.02 Å². The van der Waals surface area contributed by atoms with Crippen LogP contribution in [-0.4, -0.2) is 24.6 Å². The second kappa shape index (κ2) is 8.82. The van der Waals surface area contributed by atoms with Gasteiger partial charge in [0.15, 0.2) is 5.78 Å². The molecule has 0 aliphatic heterocycles. The fraction of sp³-hybridized carbons (Fsp3) is 0.188. The molecule has 2 aromatic carbocycles. The molecule has 0 aliphatic carbocycles. The van der Waals surface area contributed by atoms with Gasteiger partial charge in [0.2, 0.25) is 0 Å². The van der Waals surface area contributed by atoms with Gasteiger partial charge in [-0.1, -0.05) is 41.9 Å². The summed E-state index contributed by atoms with van der Waals surface area (Å²) >= 11 is 9.55. The van der Waals surface area contributed by atoms with Gasteiger partial charge in [0.25, 0.3) is 0 Å². The molecule has 112 valence electrons. The molecule has 0 unspecified atom stereocenters. The van der Waals surface area contributed by atoms with Gasteiger partial charge in [0.05, 0.1) is 16.1 Å². The Bertz CT molecular complexity index is 600. The highest BCUT2D eigenvalue weighted by molar-refractivity contribution is 9.10.